The molecule has 0 radical (unpaired) electrons. The number of H-pyrrole nitrogens is 1. The SMILES string of the molecule is CSc1sc(-c2cc[nH]n2)c2c1C(=O)N(CCCCC#N)CC2. The molecule has 23 heavy (non-hydrogen) atoms. The zero-order valence-electron chi connectivity index (χ0n) is 13.0. The van der Waals surface area contributed by atoms with Crippen LogP contribution in [0.2, 0.25) is 0 Å². The minimum atomic E-state index is 0.130. The Balaban J connectivity index is 1.85. The van der Waals surface area contributed by atoms with E-state index < -0.39 is 0 Å². The standard InChI is InChI=1S/C16H18N4OS2/c1-22-16-13-11(14(23-16)12-5-8-18-19-12)6-10-20(15(13)21)9-4-2-3-7-17/h5,8H,2-4,6,9-10H2,1H3,(H,18,19). The Morgan fingerprint density at radius 2 is 2.39 bits per heavy atom. The third-order valence-electron chi connectivity index (χ3n) is 3.99. The summed E-state index contributed by atoms with van der Waals surface area (Å²) < 4.78 is 1.07. The maximum Gasteiger partial charge on any atom is 0.256 e. The van der Waals surface area contributed by atoms with Crippen LogP contribution < -0.4 is 0 Å². The van der Waals surface area contributed by atoms with Gasteiger partial charge in [0.15, 0.2) is 0 Å². The molecule has 1 N–H and O–H groups in total. The molecule has 1 amide bonds. The van der Waals surface area contributed by atoms with Gasteiger partial charge in [0.25, 0.3) is 5.91 Å². The molecule has 0 aliphatic carbocycles. The van der Waals surface area contributed by atoms with Gasteiger partial charge in [0.2, 0.25) is 0 Å². The summed E-state index contributed by atoms with van der Waals surface area (Å²) >= 11 is 3.29. The number of unbranched alkanes of at least 4 members (excludes halogenated alkanes) is 2. The summed E-state index contributed by atoms with van der Waals surface area (Å²) in [7, 11) is 0. The summed E-state index contributed by atoms with van der Waals surface area (Å²) in [6, 6.07) is 4.11. The minimum absolute atomic E-state index is 0.130. The van der Waals surface area contributed by atoms with Crippen LogP contribution in [0, 0.1) is 11.3 Å². The molecule has 0 unspecified atom stereocenters. The fourth-order valence-electron chi connectivity index (χ4n) is 2.86. The fraction of sp³-hybridized carbons (Fsp3) is 0.438. The number of nitrogens with zero attached hydrogens (tertiary/aromatic N) is 3. The van der Waals surface area contributed by atoms with Crippen molar-refractivity contribution in [3.8, 4) is 16.6 Å². The van der Waals surface area contributed by atoms with Gasteiger partial charge in [0, 0.05) is 25.7 Å². The summed E-state index contributed by atoms with van der Waals surface area (Å²) in [5, 5.41) is 15.7. The van der Waals surface area contributed by atoms with Gasteiger partial charge in [-0.1, -0.05) is 0 Å². The van der Waals surface area contributed by atoms with E-state index in [0.29, 0.717) is 6.42 Å². The van der Waals surface area contributed by atoms with Crippen LogP contribution in [-0.4, -0.2) is 40.3 Å². The number of thiophene rings is 1. The molecule has 2 aromatic rings. The predicted molar refractivity (Wildman–Crippen MR) is 92.8 cm³/mol. The number of hydrogen-bond acceptors (Lipinski definition) is 5. The molecule has 0 aromatic carbocycles. The van der Waals surface area contributed by atoms with Gasteiger partial charge in [-0.15, -0.1) is 23.1 Å². The third kappa shape index (κ3) is 3.14. The number of nitrogens with one attached hydrogen (secondary N) is 1. The largest absolute Gasteiger partial charge is 0.338 e. The number of amides is 1. The lowest BCUT2D eigenvalue weighted by atomic mass is 10.00. The zero-order chi connectivity index (χ0) is 16.2. The van der Waals surface area contributed by atoms with Gasteiger partial charge in [-0.3, -0.25) is 9.89 Å². The zero-order valence-corrected chi connectivity index (χ0v) is 14.6. The first-order chi connectivity index (χ1) is 11.3. The Kier molecular flexibility index (Phi) is 5.03. The summed E-state index contributed by atoms with van der Waals surface area (Å²) in [5.74, 6) is 0.130. The molecule has 3 heterocycles. The second-order valence-corrected chi connectivity index (χ2v) is 7.49. The van der Waals surface area contributed by atoms with Crippen molar-refractivity contribution in [3.63, 3.8) is 0 Å². The summed E-state index contributed by atoms with van der Waals surface area (Å²) in [4.78, 5) is 15.9. The highest BCUT2D eigenvalue weighted by atomic mass is 32.2. The Morgan fingerprint density at radius 1 is 1.52 bits per heavy atom. The van der Waals surface area contributed by atoms with Gasteiger partial charge in [-0.25, -0.2) is 0 Å². The Bertz CT molecular complexity index is 730. The highest BCUT2D eigenvalue weighted by Gasteiger charge is 2.31. The number of hydrogen-bond donors (Lipinski definition) is 1. The molecule has 2 aromatic heterocycles. The number of thioether (sulfide) groups is 1. The van der Waals surface area contributed by atoms with Gasteiger partial charge in [-0.05, 0) is 37.1 Å². The van der Waals surface area contributed by atoms with E-state index in [9.17, 15) is 4.79 Å². The van der Waals surface area contributed by atoms with E-state index in [0.717, 1.165) is 58.3 Å². The topological polar surface area (TPSA) is 72.8 Å². The van der Waals surface area contributed by atoms with E-state index in [1.165, 1.54) is 0 Å². The van der Waals surface area contributed by atoms with Crippen molar-refractivity contribution in [1.29, 1.82) is 5.26 Å². The lowest BCUT2D eigenvalue weighted by Crippen LogP contribution is -2.38. The van der Waals surface area contributed by atoms with Crippen LogP contribution in [0.15, 0.2) is 16.5 Å². The van der Waals surface area contributed by atoms with Crippen LogP contribution in [0.25, 0.3) is 10.6 Å². The maximum atomic E-state index is 12.9. The summed E-state index contributed by atoms with van der Waals surface area (Å²) in [6.07, 6.45) is 7.00. The molecule has 1 aliphatic rings. The monoisotopic (exact) mass is 346 g/mol. The molecule has 3 rings (SSSR count). The van der Waals surface area contributed by atoms with Crippen LogP contribution in [0.4, 0.5) is 0 Å². The molecule has 0 saturated carbocycles. The van der Waals surface area contributed by atoms with Crippen molar-refractivity contribution in [2.45, 2.75) is 29.9 Å². The number of rotatable bonds is 6. The Hall–Kier alpha value is -1.78. The second kappa shape index (κ2) is 7.20. The maximum absolute atomic E-state index is 12.9. The van der Waals surface area contributed by atoms with E-state index >= 15 is 0 Å². The van der Waals surface area contributed by atoms with Crippen LogP contribution in [0.5, 0.6) is 0 Å². The first-order valence-electron chi connectivity index (χ1n) is 7.62. The van der Waals surface area contributed by atoms with E-state index in [1.807, 2.05) is 23.4 Å². The summed E-state index contributed by atoms with van der Waals surface area (Å²) in [6.45, 7) is 1.49. The third-order valence-corrected chi connectivity index (χ3v) is 6.37. The molecule has 0 fully saturated rings. The van der Waals surface area contributed by atoms with Crippen molar-refractivity contribution >= 4 is 29.0 Å². The van der Waals surface area contributed by atoms with Crippen molar-refractivity contribution in [3.05, 3.63) is 23.4 Å². The molecule has 7 heteroatoms. The van der Waals surface area contributed by atoms with Crippen LogP contribution in [0.1, 0.15) is 35.2 Å². The van der Waals surface area contributed by atoms with E-state index in [1.54, 1.807) is 23.1 Å². The number of fused-ring (bicyclic) bond motifs is 1. The second-order valence-electron chi connectivity index (χ2n) is 5.39. The number of carbonyl (C=O) groups is 1. The van der Waals surface area contributed by atoms with Crippen molar-refractivity contribution in [2.75, 3.05) is 19.3 Å². The first kappa shape index (κ1) is 16.1. The Labute approximate surface area is 143 Å². The highest BCUT2D eigenvalue weighted by Crippen LogP contribution is 2.43. The number of carbonyl (C=O) groups excluding carboxylic acids is 1. The van der Waals surface area contributed by atoms with E-state index in [4.69, 9.17) is 5.26 Å². The molecule has 5 nitrogen and oxygen atoms in total. The van der Waals surface area contributed by atoms with Crippen LogP contribution in [0.3, 0.4) is 0 Å². The Morgan fingerprint density at radius 3 is 3.09 bits per heavy atom. The molecule has 0 bridgehead atoms. The van der Waals surface area contributed by atoms with Gasteiger partial charge in [-0.2, -0.15) is 10.4 Å². The van der Waals surface area contributed by atoms with Crippen LogP contribution in [-0.2, 0) is 6.42 Å². The average Bonchev–Trinajstić information content (AvgIpc) is 3.20. The molecular weight excluding hydrogens is 328 g/mol. The average molecular weight is 346 g/mol. The fourth-order valence-corrected chi connectivity index (χ4v) is 4.90. The molecule has 0 atom stereocenters. The summed E-state index contributed by atoms with van der Waals surface area (Å²) in [5.41, 5.74) is 2.93. The molecule has 120 valence electrons. The number of nitriles is 1. The number of aromatic nitrogens is 2. The minimum Gasteiger partial charge on any atom is -0.338 e. The van der Waals surface area contributed by atoms with E-state index in [-0.39, 0.29) is 5.91 Å². The van der Waals surface area contributed by atoms with Crippen molar-refractivity contribution in [2.24, 2.45) is 0 Å². The van der Waals surface area contributed by atoms with Gasteiger partial charge < -0.3 is 4.90 Å². The number of aromatic amines is 1. The van der Waals surface area contributed by atoms with Gasteiger partial charge in [0.05, 0.1) is 20.7 Å². The quantitative estimate of drug-likeness (QED) is 0.641. The smallest absolute Gasteiger partial charge is 0.256 e. The molecule has 0 saturated heterocycles. The van der Waals surface area contributed by atoms with E-state index in [2.05, 4.69) is 16.3 Å². The predicted octanol–water partition coefficient (Wildman–Crippen LogP) is 3.55. The van der Waals surface area contributed by atoms with Gasteiger partial charge in [0.1, 0.15) is 5.69 Å². The van der Waals surface area contributed by atoms with Gasteiger partial charge >= 0.3 is 0 Å². The molecular formula is C16H18N4OS2. The molecule has 1 aliphatic heterocycles. The van der Waals surface area contributed by atoms with Crippen molar-refractivity contribution < 1.29 is 4.79 Å². The highest BCUT2D eigenvalue weighted by molar-refractivity contribution is 8.00. The van der Waals surface area contributed by atoms with Crippen molar-refractivity contribution in [1.82, 2.24) is 15.1 Å². The lowest BCUT2D eigenvalue weighted by molar-refractivity contribution is 0.0735. The normalized spacial score (nSPS) is 13.9. The van der Waals surface area contributed by atoms with Crippen LogP contribution >= 0.6 is 23.1 Å². The lowest BCUT2D eigenvalue weighted by Gasteiger charge is -2.28. The molecule has 0 spiro atoms. The first-order valence-corrected chi connectivity index (χ1v) is 9.66.